The van der Waals surface area contributed by atoms with Crippen LogP contribution in [0.4, 0.5) is 9.59 Å². The van der Waals surface area contributed by atoms with Crippen LogP contribution in [-0.2, 0) is 14.2 Å². The van der Waals surface area contributed by atoms with Gasteiger partial charge in [0, 0.05) is 20.7 Å². The second-order valence-electron chi connectivity index (χ2n) is 12.4. The molecule has 0 saturated heterocycles. The van der Waals surface area contributed by atoms with E-state index >= 15 is 0 Å². The van der Waals surface area contributed by atoms with Crippen LogP contribution < -0.4 is 5.32 Å². The molecule has 0 aromatic rings. The van der Waals surface area contributed by atoms with Crippen LogP contribution in [0.3, 0.4) is 0 Å². The summed E-state index contributed by atoms with van der Waals surface area (Å²) in [6.07, 6.45) is 20.4. The number of amides is 2. The van der Waals surface area contributed by atoms with Crippen molar-refractivity contribution in [1.29, 1.82) is 0 Å². The summed E-state index contributed by atoms with van der Waals surface area (Å²) in [4.78, 5) is 26.0. The number of alkyl carbamates (subject to hydrolysis) is 1. The lowest BCUT2D eigenvalue weighted by atomic mass is 10.0. The van der Waals surface area contributed by atoms with Crippen molar-refractivity contribution < 1.29 is 28.3 Å². The molecule has 39 heavy (non-hydrogen) atoms. The zero-order chi connectivity index (χ0) is 29.4. The number of hydrogen-bond acceptors (Lipinski definition) is 5. The summed E-state index contributed by atoms with van der Waals surface area (Å²) in [5.74, 6) is 0. The van der Waals surface area contributed by atoms with Crippen molar-refractivity contribution in [1.82, 2.24) is 10.2 Å². The number of carbonyl (C=O) groups is 2. The van der Waals surface area contributed by atoms with E-state index < -0.39 is 11.7 Å². The second kappa shape index (κ2) is 23.2. The number of hydrogen-bond donors (Lipinski definition) is 1. The number of methoxy groups -OCH3 is 1. The van der Waals surface area contributed by atoms with Crippen molar-refractivity contribution in [3.05, 3.63) is 0 Å². The van der Waals surface area contributed by atoms with Gasteiger partial charge in [0.2, 0.25) is 0 Å². The molecule has 0 fully saturated rings. The fraction of sp³-hybridized carbons (Fsp3) is 0.935. The Labute approximate surface area is 241 Å². The van der Waals surface area contributed by atoms with Gasteiger partial charge in [-0.15, -0.1) is 0 Å². The zero-order valence-electron chi connectivity index (χ0n) is 26.8. The molecule has 0 radical (unpaired) electrons. The number of carbonyl (C=O) groups excluding carboxylic acids is 2. The summed E-state index contributed by atoms with van der Waals surface area (Å²) in [7, 11) is 9.42. The Morgan fingerprint density at radius 3 is 1.67 bits per heavy atom. The molecule has 0 saturated carbocycles. The molecule has 2 amide bonds. The maximum absolute atomic E-state index is 12.4. The summed E-state index contributed by atoms with van der Waals surface area (Å²) in [5, 5.41) is 2.70. The van der Waals surface area contributed by atoms with Crippen LogP contribution in [0.15, 0.2) is 0 Å². The zero-order valence-corrected chi connectivity index (χ0v) is 26.8. The fourth-order valence-corrected chi connectivity index (χ4v) is 4.22. The predicted molar refractivity (Wildman–Crippen MR) is 161 cm³/mol. The average Bonchev–Trinajstić information content (AvgIpc) is 2.89. The van der Waals surface area contributed by atoms with Gasteiger partial charge in [-0.3, -0.25) is 0 Å². The van der Waals surface area contributed by atoms with Crippen LogP contribution in [-0.4, -0.2) is 95.3 Å². The summed E-state index contributed by atoms with van der Waals surface area (Å²) in [6, 6.07) is 0. The largest absolute Gasteiger partial charge is 0.446 e. The molecule has 1 unspecified atom stereocenters. The Bertz CT molecular complexity index is 612. The van der Waals surface area contributed by atoms with Crippen LogP contribution in [0.2, 0.25) is 0 Å². The highest BCUT2D eigenvalue weighted by Crippen LogP contribution is 2.14. The van der Waals surface area contributed by atoms with Crippen molar-refractivity contribution in [3.63, 3.8) is 0 Å². The first kappa shape index (κ1) is 37.5. The first-order chi connectivity index (χ1) is 18.5. The SMILES string of the molecule is CCCCCCCCCCCCCCCCCCN(C)C(=O)OCC(C)(CNC(=O)OCC[N+](C)(C)C)OC. The number of nitrogens with one attached hydrogen (secondary N) is 1. The van der Waals surface area contributed by atoms with Crippen LogP contribution >= 0.6 is 0 Å². The number of unbranched alkanes of at least 4 members (excludes halogenated alkanes) is 15. The molecule has 0 rings (SSSR count). The Hall–Kier alpha value is -1.54. The van der Waals surface area contributed by atoms with Gasteiger partial charge in [0.25, 0.3) is 0 Å². The lowest BCUT2D eigenvalue weighted by Crippen LogP contribution is -2.47. The van der Waals surface area contributed by atoms with Crippen molar-refractivity contribution in [2.24, 2.45) is 0 Å². The molecular weight excluding hydrogens is 494 g/mol. The van der Waals surface area contributed by atoms with Gasteiger partial charge in [0.15, 0.2) is 0 Å². The maximum atomic E-state index is 12.4. The molecule has 232 valence electrons. The Morgan fingerprint density at radius 2 is 1.23 bits per heavy atom. The van der Waals surface area contributed by atoms with Crippen LogP contribution in [0.5, 0.6) is 0 Å². The molecule has 8 nitrogen and oxygen atoms in total. The number of ether oxygens (including phenoxy) is 3. The highest BCUT2D eigenvalue weighted by atomic mass is 16.6. The van der Waals surface area contributed by atoms with Crippen molar-refractivity contribution in [3.8, 4) is 0 Å². The van der Waals surface area contributed by atoms with E-state index in [0.717, 1.165) is 19.4 Å². The van der Waals surface area contributed by atoms with Gasteiger partial charge in [-0.2, -0.15) is 0 Å². The lowest BCUT2D eigenvalue weighted by Gasteiger charge is -2.29. The van der Waals surface area contributed by atoms with Crippen LogP contribution in [0.25, 0.3) is 0 Å². The van der Waals surface area contributed by atoms with E-state index in [9.17, 15) is 9.59 Å². The average molecular weight is 559 g/mol. The molecule has 0 heterocycles. The molecule has 0 bridgehead atoms. The van der Waals surface area contributed by atoms with Crippen molar-refractivity contribution >= 4 is 12.2 Å². The molecule has 1 atom stereocenters. The molecule has 0 aliphatic carbocycles. The van der Waals surface area contributed by atoms with Gasteiger partial charge in [0.1, 0.15) is 25.4 Å². The van der Waals surface area contributed by atoms with E-state index in [1.165, 1.54) is 97.0 Å². The summed E-state index contributed by atoms with van der Waals surface area (Å²) < 4.78 is 16.9. The predicted octanol–water partition coefficient (Wildman–Crippen LogP) is 7.15. The maximum Gasteiger partial charge on any atom is 0.409 e. The van der Waals surface area contributed by atoms with E-state index in [1.807, 2.05) is 21.1 Å². The van der Waals surface area contributed by atoms with Crippen LogP contribution in [0.1, 0.15) is 117 Å². The third kappa shape index (κ3) is 24.0. The van der Waals surface area contributed by atoms with E-state index in [2.05, 4.69) is 12.2 Å². The van der Waals surface area contributed by atoms with E-state index in [0.29, 0.717) is 17.6 Å². The van der Waals surface area contributed by atoms with Crippen molar-refractivity contribution in [2.75, 3.05) is 68.1 Å². The third-order valence-corrected chi connectivity index (χ3v) is 7.25. The Kier molecular flexibility index (Phi) is 22.3. The molecular formula is C31H64N3O5+. The first-order valence-corrected chi connectivity index (χ1v) is 15.7. The van der Waals surface area contributed by atoms with Gasteiger partial charge in [-0.05, 0) is 13.3 Å². The first-order valence-electron chi connectivity index (χ1n) is 15.7. The summed E-state index contributed by atoms with van der Waals surface area (Å²) in [6.45, 7) is 6.03. The Morgan fingerprint density at radius 1 is 0.769 bits per heavy atom. The molecule has 1 N–H and O–H groups in total. The van der Waals surface area contributed by atoms with Gasteiger partial charge in [-0.1, -0.05) is 103 Å². The topological polar surface area (TPSA) is 77.1 Å². The number of nitrogens with zero attached hydrogens (tertiary/aromatic N) is 2. The monoisotopic (exact) mass is 558 g/mol. The van der Waals surface area contributed by atoms with E-state index in [4.69, 9.17) is 14.2 Å². The highest BCUT2D eigenvalue weighted by molar-refractivity contribution is 5.68. The standard InChI is InChI=1S/C31H63N3O5/c1-8-9-10-11-12-13-14-15-16-17-18-19-20-21-22-23-24-33(3)30(36)39-28-31(2,37-7)27-32-29(35)38-26-25-34(4,5)6/h8-28H2,1-7H3/p+1. The van der Waals surface area contributed by atoms with Gasteiger partial charge < -0.3 is 28.9 Å². The minimum Gasteiger partial charge on any atom is -0.446 e. The van der Waals surface area contributed by atoms with Crippen LogP contribution in [0, 0.1) is 0 Å². The van der Waals surface area contributed by atoms with Gasteiger partial charge in [0.05, 0.1) is 27.7 Å². The van der Waals surface area contributed by atoms with Crippen molar-refractivity contribution in [2.45, 2.75) is 122 Å². The minimum atomic E-state index is -0.830. The van der Waals surface area contributed by atoms with Gasteiger partial charge >= 0.3 is 12.2 Å². The van der Waals surface area contributed by atoms with E-state index in [-0.39, 0.29) is 19.2 Å². The summed E-state index contributed by atoms with van der Waals surface area (Å²) in [5.41, 5.74) is -0.830. The highest BCUT2D eigenvalue weighted by Gasteiger charge is 2.28. The quantitative estimate of drug-likeness (QED) is 0.0951. The fourth-order valence-electron chi connectivity index (χ4n) is 4.22. The molecule has 0 spiro atoms. The molecule has 0 aliphatic heterocycles. The smallest absolute Gasteiger partial charge is 0.409 e. The normalized spacial score (nSPS) is 13.1. The van der Waals surface area contributed by atoms with Gasteiger partial charge in [-0.25, -0.2) is 9.59 Å². The summed E-state index contributed by atoms with van der Waals surface area (Å²) >= 11 is 0. The molecule has 0 aromatic heterocycles. The molecule has 8 heteroatoms. The number of rotatable bonds is 25. The van der Waals surface area contributed by atoms with E-state index in [1.54, 1.807) is 18.9 Å². The number of likely N-dealkylation sites (N-methyl/N-ethyl adjacent to an activating group) is 1. The third-order valence-electron chi connectivity index (χ3n) is 7.25. The Balaban J connectivity index is 3.78. The second-order valence-corrected chi connectivity index (χ2v) is 12.4. The number of quaternary nitrogens is 1. The minimum absolute atomic E-state index is 0.0464. The molecule has 0 aromatic carbocycles. The molecule has 0 aliphatic rings. The lowest BCUT2D eigenvalue weighted by molar-refractivity contribution is -0.870.